The number of hydrogen-bond acceptors (Lipinski definition) is 5. The maximum atomic E-state index is 13.9. The van der Waals surface area contributed by atoms with Gasteiger partial charge >= 0.3 is 6.18 Å². The molecule has 0 aromatic carbocycles. The maximum Gasteiger partial charge on any atom is 0.391 e. The zero-order valence-electron chi connectivity index (χ0n) is 12.5. The van der Waals surface area contributed by atoms with Crippen LogP contribution in [0.3, 0.4) is 0 Å². The number of nitrogen functional groups attached to an aromatic ring is 1. The number of aryl methyl sites for hydroxylation is 1. The van der Waals surface area contributed by atoms with E-state index in [0.29, 0.717) is 6.42 Å². The average molecular weight is 332 g/mol. The van der Waals surface area contributed by atoms with Gasteiger partial charge in [-0.2, -0.15) is 23.1 Å². The molecule has 0 saturated heterocycles. The second-order valence-electron chi connectivity index (χ2n) is 5.48. The van der Waals surface area contributed by atoms with Crippen LogP contribution in [0.4, 0.5) is 23.5 Å². The maximum absolute atomic E-state index is 13.9. The van der Waals surface area contributed by atoms with Gasteiger partial charge in [0.05, 0.1) is 5.92 Å². The Labute approximate surface area is 130 Å². The highest BCUT2D eigenvalue weighted by atomic mass is 19.4. The topological polar surface area (TPSA) is 81.8 Å². The summed E-state index contributed by atoms with van der Waals surface area (Å²) < 4.78 is 51.5. The van der Waals surface area contributed by atoms with Crippen molar-refractivity contribution in [2.45, 2.75) is 45.2 Å². The Morgan fingerprint density at radius 1 is 1.22 bits per heavy atom. The number of halogens is 4. The van der Waals surface area contributed by atoms with Gasteiger partial charge in [-0.25, -0.2) is 9.37 Å². The number of carbonyl (C=O) groups excluding carboxylic acids is 1. The lowest BCUT2D eigenvalue weighted by Crippen LogP contribution is -2.21. The van der Waals surface area contributed by atoms with E-state index < -0.39 is 23.7 Å². The van der Waals surface area contributed by atoms with Crippen LogP contribution in [0.2, 0.25) is 0 Å². The van der Waals surface area contributed by atoms with Crippen LogP contribution >= 0.6 is 0 Å². The van der Waals surface area contributed by atoms with Crippen LogP contribution in [0.1, 0.15) is 44.3 Å². The third kappa shape index (κ3) is 4.23. The van der Waals surface area contributed by atoms with E-state index in [1.807, 2.05) is 0 Å². The molecule has 0 radical (unpaired) electrons. The zero-order chi connectivity index (χ0) is 17.2. The molecule has 0 aliphatic heterocycles. The number of rotatable bonds is 4. The summed E-state index contributed by atoms with van der Waals surface area (Å²) in [7, 11) is 0. The molecule has 1 aromatic rings. The summed E-state index contributed by atoms with van der Waals surface area (Å²) in [5.41, 5.74) is 5.57. The molecule has 126 valence electrons. The van der Waals surface area contributed by atoms with Crippen molar-refractivity contribution >= 4 is 17.3 Å². The average Bonchev–Trinajstić information content (AvgIpc) is 2.46. The number of nitrogens with two attached hydrogens (primary N) is 1. The zero-order valence-corrected chi connectivity index (χ0v) is 12.5. The Morgan fingerprint density at radius 2 is 1.91 bits per heavy atom. The highest BCUT2D eigenvalue weighted by Crippen LogP contribution is 2.31. The number of alkyl halides is 3. The minimum Gasteiger partial charge on any atom is -0.368 e. The third-order valence-electron chi connectivity index (χ3n) is 3.67. The lowest BCUT2D eigenvalue weighted by molar-refractivity contribution is -0.171. The highest BCUT2D eigenvalue weighted by Gasteiger charge is 2.35. The smallest absolute Gasteiger partial charge is 0.368 e. The van der Waals surface area contributed by atoms with Crippen LogP contribution in [-0.2, 0) is 11.2 Å². The molecule has 2 N–H and O–H groups in total. The molecule has 1 atom stereocenters. The van der Waals surface area contributed by atoms with Gasteiger partial charge in [0.15, 0.2) is 17.4 Å². The molecule has 2 rings (SSSR count). The van der Waals surface area contributed by atoms with Crippen molar-refractivity contribution in [1.29, 1.82) is 0 Å². The summed E-state index contributed by atoms with van der Waals surface area (Å²) >= 11 is 0. The van der Waals surface area contributed by atoms with Gasteiger partial charge in [-0.15, -0.1) is 0 Å². The molecule has 0 amide bonds. The van der Waals surface area contributed by atoms with E-state index in [9.17, 15) is 22.4 Å². The molecular weight excluding hydrogens is 316 g/mol. The number of ketones is 1. The number of carbonyl (C=O) groups is 1. The molecule has 0 bridgehead atoms. The first-order chi connectivity index (χ1) is 10.7. The van der Waals surface area contributed by atoms with Crippen molar-refractivity contribution in [2.24, 2.45) is 5.92 Å². The lowest BCUT2D eigenvalue weighted by atomic mass is 9.97. The molecule has 1 aromatic heterocycles. The van der Waals surface area contributed by atoms with Crippen molar-refractivity contribution in [3.8, 4) is 0 Å². The van der Waals surface area contributed by atoms with Crippen molar-refractivity contribution in [1.82, 2.24) is 15.0 Å². The predicted octanol–water partition coefficient (Wildman–Crippen LogP) is 3.02. The van der Waals surface area contributed by atoms with Crippen molar-refractivity contribution < 1.29 is 22.4 Å². The van der Waals surface area contributed by atoms with E-state index in [1.165, 1.54) is 0 Å². The Hall–Kier alpha value is -2.06. The number of aromatic nitrogens is 3. The summed E-state index contributed by atoms with van der Waals surface area (Å²) in [6, 6.07) is 0. The molecule has 9 heteroatoms. The van der Waals surface area contributed by atoms with E-state index in [1.54, 1.807) is 0 Å². The quantitative estimate of drug-likeness (QED) is 0.857. The first kappa shape index (κ1) is 17.3. The van der Waals surface area contributed by atoms with E-state index in [2.05, 4.69) is 15.0 Å². The summed E-state index contributed by atoms with van der Waals surface area (Å²) in [5, 5.41) is 0. The number of allylic oxidation sites excluding steroid dienone is 2. The van der Waals surface area contributed by atoms with Gasteiger partial charge in [-0.1, -0.05) is 6.92 Å². The van der Waals surface area contributed by atoms with Crippen molar-refractivity contribution in [3.63, 3.8) is 0 Å². The molecule has 5 nitrogen and oxygen atoms in total. The minimum absolute atomic E-state index is 0.0421. The standard InChI is InChI=1S/C14H16F4N4O/c1-7(14(16,17)18)5-6-10-20-12(22-13(19)21-10)8-3-2-4-9(23)11(8)15/h7H,2-6H2,1H3,(H2,19,20,21,22)/t7-/m0/s1. The highest BCUT2D eigenvalue weighted by molar-refractivity contribution is 6.01. The largest absolute Gasteiger partial charge is 0.391 e. The van der Waals surface area contributed by atoms with Gasteiger partial charge in [0.2, 0.25) is 5.95 Å². The monoisotopic (exact) mass is 332 g/mol. The Bertz CT molecular complexity index is 642. The van der Waals surface area contributed by atoms with Crippen molar-refractivity contribution in [3.05, 3.63) is 17.5 Å². The molecule has 0 spiro atoms. The van der Waals surface area contributed by atoms with Crippen LogP contribution in [0.15, 0.2) is 5.83 Å². The molecule has 1 heterocycles. The van der Waals surface area contributed by atoms with Gasteiger partial charge in [0.25, 0.3) is 0 Å². The fourth-order valence-electron chi connectivity index (χ4n) is 2.22. The molecule has 0 fully saturated rings. The van der Waals surface area contributed by atoms with Crippen molar-refractivity contribution in [2.75, 3.05) is 5.73 Å². The number of hydrogen-bond donors (Lipinski definition) is 1. The van der Waals surface area contributed by atoms with E-state index in [0.717, 1.165) is 6.92 Å². The van der Waals surface area contributed by atoms with Crippen LogP contribution in [0.5, 0.6) is 0 Å². The molecule has 0 saturated carbocycles. The van der Waals surface area contributed by atoms with E-state index in [4.69, 9.17) is 5.73 Å². The first-order valence-electron chi connectivity index (χ1n) is 7.18. The fraction of sp³-hybridized carbons (Fsp3) is 0.571. The first-order valence-corrected chi connectivity index (χ1v) is 7.18. The lowest BCUT2D eigenvalue weighted by Gasteiger charge is -2.16. The third-order valence-corrected chi connectivity index (χ3v) is 3.67. The van der Waals surface area contributed by atoms with Crippen LogP contribution in [-0.4, -0.2) is 26.9 Å². The Balaban J connectivity index is 2.23. The summed E-state index contributed by atoms with van der Waals surface area (Å²) in [6.45, 7) is 1.06. The minimum atomic E-state index is -4.30. The number of nitrogens with zero attached hydrogens (tertiary/aromatic N) is 3. The van der Waals surface area contributed by atoms with Gasteiger partial charge in [0, 0.05) is 18.4 Å². The second-order valence-corrected chi connectivity index (χ2v) is 5.48. The van der Waals surface area contributed by atoms with Gasteiger partial charge in [-0.3, -0.25) is 4.79 Å². The fourth-order valence-corrected chi connectivity index (χ4v) is 2.22. The van der Waals surface area contributed by atoms with Crippen LogP contribution in [0, 0.1) is 5.92 Å². The normalized spacial score (nSPS) is 17.5. The molecule has 1 aliphatic carbocycles. The molecular formula is C14H16F4N4O. The van der Waals surface area contributed by atoms with Crippen LogP contribution < -0.4 is 5.73 Å². The molecule has 0 unspecified atom stereocenters. The Morgan fingerprint density at radius 3 is 2.57 bits per heavy atom. The van der Waals surface area contributed by atoms with Gasteiger partial charge < -0.3 is 5.73 Å². The van der Waals surface area contributed by atoms with E-state index in [-0.39, 0.29) is 48.9 Å². The van der Waals surface area contributed by atoms with E-state index >= 15 is 0 Å². The predicted molar refractivity (Wildman–Crippen MR) is 74.7 cm³/mol. The second kappa shape index (κ2) is 6.59. The summed E-state index contributed by atoms with van der Waals surface area (Å²) in [6.07, 6.45) is -3.72. The summed E-state index contributed by atoms with van der Waals surface area (Å²) in [4.78, 5) is 23.0. The molecule has 1 aliphatic rings. The SMILES string of the molecule is C[C@@H](CCc1nc(N)nc(C2=C(F)C(=O)CCC2)n1)C(F)(F)F. The van der Waals surface area contributed by atoms with Gasteiger partial charge in [-0.05, 0) is 19.3 Å². The summed E-state index contributed by atoms with van der Waals surface area (Å²) in [5.74, 6) is -3.27. The van der Waals surface area contributed by atoms with Gasteiger partial charge in [0.1, 0.15) is 5.82 Å². The molecule has 23 heavy (non-hydrogen) atoms. The van der Waals surface area contributed by atoms with Crippen LogP contribution in [0.25, 0.3) is 5.57 Å². The number of anilines is 1. The number of Topliss-reactive ketones (excluding diaryl/α,β-unsaturated/α-hetero) is 1. The Kier molecular flexibility index (Phi) is 4.96.